The second kappa shape index (κ2) is 24.8. The predicted molar refractivity (Wildman–Crippen MR) is 275 cm³/mol. The topological polar surface area (TPSA) is 186 Å². The first-order valence-corrected chi connectivity index (χ1v) is 27.6. The number of nitrogens with one attached hydrogen (secondary N) is 2. The van der Waals surface area contributed by atoms with Crippen molar-refractivity contribution in [3.05, 3.63) is 58.2 Å². The maximum absolute atomic E-state index is 14.4. The molecule has 3 fully saturated rings. The summed E-state index contributed by atoms with van der Waals surface area (Å²) in [5, 5.41) is 18.1. The molecule has 0 radical (unpaired) electrons. The van der Waals surface area contributed by atoms with Gasteiger partial charge in [0.2, 0.25) is 17.7 Å². The Balaban J connectivity index is 1.09. The van der Waals surface area contributed by atoms with Crippen molar-refractivity contribution in [1.29, 1.82) is 0 Å². The van der Waals surface area contributed by atoms with Gasteiger partial charge in [0.05, 0.1) is 25.3 Å². The fourth-order valence-electron chi connectivity index (χ4n) is 10.1. The third-order valence-electron chi connectivity index (χ3n) is 14.8. The van der Waals surface area contributed by atoms with Crippen LogP contribution < -0.4 is 20.3 Å². The molecule has 1 saturated carbocycles. The van der Waals surface area contributed by atoms with Gasteiger partial charge in [-0.3, -0.25) is 19.7 Å². The van der Waals surface area contributed by atoms with Gasteiger partial charge in [-0.25, -0.2) is 9.59 Å². The third kappa shape index (κ3) is 14.3. The normalized spacial score (nSPS) is 31.5. The first-order chi connectivity index (χ1) is 33.2. The average molecular weight is 1030 g/mol. The van der Waals surface area contributed by atoms with E-state index in [4.69, 9.17) is 35.3 Å². The Morgan fingerprint density at radius 2 is 1.87 bits per heavy atom. The number of alkyl carbamates (subject to hydrolysis) is 1. The Morgan fingerprint density at radius 3 is 2.61 bits per heavy atom. The molecule has 3 N–H and O–H groups in total. The zero-order valence-corrected chi connectivity index (χ0v) is 44.8. The number of hydrogen-bond donors (Lipinski definition) is 3. The van der Waals surface area contributed by atoms with E-state index in [1.807, 2.05) is 13.0 Å². The van der Waals surface area contributed by atoms with Crippen LogP contribution in [0.5, 0.6) is 5.75 Å². The van der Waals surface area contributed by atoms with Crippen LogP contribution in [0.2, 0.25) is 5.02 Å². The molecular formula is C52H75ClN4O11S2. The molecule has 18 heteroatoms. The molecule has 1 aromatic carbocycles. The molecule has 0 aromatic heterocycles. The second-order valence-corrected chi connectivity index (χ2v) is 23.5. The number of benzene rings is 1. The van der Waals surface area contributed by atoms with Gasteiger partial charge in [0.1, 0.15) is 40.7 Å². The number of aliphatic hydroxyl groups is 1. The minimum atomic E-state index is -1.84. The Kier molecular flexibility index (Phi) is 19.7. The third-order valence-corrected chi connectivity index (χ3v) is 18.2. The molecule has 2 saturated heterocycles. The summed E-state index contributed by atoms with van der Waals surface area (Å²) >= 11 is 6.83. The Morgan fingerprint density at radius 1 is 1.10 bits per heavy atom. The zero-order chi connectivity index (χ0) is 50.9. The Labute approximate surface area is 427 Å². The van der Waals surface area contributed by atoms with Crippen LogP contribution in [0.15, 0.2) is 47.6 Å². The highest BCUT2D eigenvalue weighted by molar-refractivity contribution is 8.76. The van der Waals surface area contributed by atoms with Crippen LogP contribution in [0.1, 0.15) is 124 Å². The van der Waals surface area contributed by atoms with Crippen molar-refractivity contribution in [2.45, 2.75) is 178 Å². The van der Waals surface area contributed by atoms with Crippen LogP contribution in [0.25, 0.3) is 0 Å². The number of ether oxygens (including phenoxy) is 5. The van der Waals surface area contributed by atoms with Gasteiger partial charge in [-0.05, 0) is 95.8 Å². The van der Waals surface area contributed by atoms with E-state index in [1.165, 1.54) is 61.7 Å². The van der Waals surface area contributed by atoms with Crippen molar-refractivity contribution < 1.29 is 52.8 Å². The maximum Gasteiger partial charge on any atom is 0.409 e. The van der Waals surface area contributed by atoms with E-state index in [-0.39, 0.29) is 47.4 Å². The van der Waals surface area contributed by atoms with Crippen molar-refractivity contribution in [2.24, 2.45) is 11.8 Å². The van der Waals surface area contributed by atoms with Gasteiger partial charge < -0.3 is 43.9 Å². The van der Waals surface area contributed by atoms with E-state index in [9.17, 15) is 29.1 Å². The fraction of sp³-hybridized carbons (Fsp3) is 0.673. The minimum Gasteiger partial charge on any atom is -0.495 e. The summed E-state index contributed by atoms with van der Waals surface area (Å²) in [5.74, 6) is -0.262. The summed E-state index contributed by atoms with van der Waals surface area (Å²) in [5.41, 5.74) is 0.525. The van der Waals surface area contributed by atoms with E-state index < -0.39 is 65.7 Å². The molecule has 3 unspecified atom stereocenters. The fourth-order valence-corrected chi connectivity index (χ4v) is 12.8. The van der Waals surface area contributed by atoms with Crippen LogP contribution in [-0.2, 0) is 44.5 Å². The number of rotatable bonds is 14. The summed E-state index contributed by atoms with van der Waals surface area (Å²) < 4.78 is 29.6. The molecule has 2 aliphatic carbocycles. The lowest BCUT2D eigenvalue weighted by Crippen LogP contribution is -2.63. The van der Waals surface area contributed by atoms with E-state index in [1.54, 1.807) is 80.7 Å². The quantitative estimate of drug-likeness (QED) is 0.0530. The summed E-state index contributed by atoms with van der Waals surface area (Å²) in [6.45, 7) is 9.13. The number of carbonyl (C=O) groups excluding carboxylic acids is 5. The number of likely N-dealkylation sites (N-methyl/N-ethyl adjacent to an activating group) is 1. The molecular weight excluding hydrogens is 956 g/mol. The maximum atomic E-state index is 14.4. The van der Waals surface area contributed by atoms with Crippen LogP contribution in [0, 0.1) is 11.8 Å². The SMILES string of the molecule is COc1cc2cc(c1Cl)N(C)C(=O)C[C@H](OC(=O)[C@H](C)N(C)C(=O)CCSSC(C)CCC(=O)NC1C=C3CCCCC(CC3)CC1)[C@]1(C)O[C@H]1[C@H](C)[C@@H]1C[C@@](O)(NC(=O)O1)[C@H](OC)/C=C/C=C(\C)C2. The molecule has 3 aliphatic heterocycles. The van der Waals surface area contributed by atoms with E-state index in [0.29, 0.717) is 30.0 Å². The van der Waals surface area contributed by atoms with Gasteiger partial charge in [-0.1, -0.05) is 95.3 Å². The van der Waals surface area contributed by atoms with Crippen LogP contribution in [0.4, 0.5) is 10.5 Å². The molecule has 6 bridgehead atoms. The monoisotopic (exact) mass is 1030 g/mol. The highest BCUT2D eigenvalue weighted by Gasteiger charge is 2.64. The number of amides is 4. The van der Waals surface area contributed by atoms with E-state index >= 15 is 0 Å². The summed E-state index contributed by atoms with van der Waals surface area (Å²) in [6, 6.07) is 2.69. The average Bonchev–Trinajstić information content (AvgIpc) is 4.01. The molecule has 0 spiro atoms. The summed E-state index contributed by atoms with van der Waals surface area (Å²) in [6.07, 6.45) is 14.1. The molecule has 1 aromatic rings. The number of allylic oxidation sites excluding steroid dienone is 4. The van der Waals surface area contributed by atoms with E-state index in [2.05, 4.69) is 23.6 Å². The Bertz CT molecular complexity index is 2160. The van der Waals surface area contributed by atoms with Gasteiger partial charge >= 0.3 is 12.1 Å². The number of epoxide rings is 1. The molecule has 5 aliphatic rings. The van der Waals surface area contributed by atoms with E-state index in [0.717, 1.165) is 42.7 Å². The minimum absolute atomic E-state index is 0.0618. The Hall–Kier alpha value is -3.74. The molecule has 11 atom stereocenters. The van der Waals surface area contributed by atoms with Crippen molar-refractivity contribution in [3.8, 4) is 5.75 Å². The highest BCUT2D eigenvalue weighted by atomic mass is 35.5. The number of esters is 1. The number of carbonyl (C=O) groups is 5. The first-order valence-electron chi connectivity index (χ1n) is 24.9. The van der Waals surface area contributed by atoms with Crippen LogP contribution in [0.3, 0.4) is 0 Å². The van der Waals surface area contributed by atoms with Crippen LogP contribution >= 0.6 is 33.2 Å². The lowest BCUT2D eigenvalue weighted by atomic mass is 9.82. The highest BCUT2D eigenvalue weighted by Crippen LogP contribution is 2.49. The second-order valence-electron chi connectivity index (χ2n) is 20.1. The molecule has 3 heterocycles. The lowest BCUT2D eigenvalue weighted by molar-refractivity contribution is -0.162. The standard InChI is InChI=1S/C52H75ClN4O11S2/c1-31-13-12-16-42(65-9)52(63)30-41(66-50(62)55-52)33(3)48-51(5,68-48)43(29-46(60)57(7)39-27-37(25-31)28-40(64-8)47(39)53)67-49(61)34(4)56(6)45(59)23-24-69-70-32(2)17-22-44(58)54-38-21-20-35-14-10-11-15-36(26-38)19-18-35/h12-13,16,26-28,32-35,38,41-43,48,63H,10-11,14-15,17-25,29-30H2,1-9H3,(H,54,58)(H,55,62)/b16-12+,31-13+,36-26?/t32?,33-,34+,35?,38?,41+,42-,43+,48+,51+,52+/m1/s1. The lowest BCUT2D eigenvalue weighted by Gasteiger charge is -2.42. The molecule has 70 heavy (non-hydrogen) atoms. The molecule has 6 rings (SSSR count). The molecule has 15 nitrogen and oxygen atoms in total. The smallest absolute Gasteiger partial charge is 0.409 e. The zero-order valence-electron chi connectivity index (χ0n) is 42.4. The van der Waals surface area contributed by atoms with Crippen molar-refractivity contribution in [1.82, 2.24) is 15.5 Å². The first kappa shape index (κ1) is 55.6. The van der Waals surface area contributed by atoms with Crippen LogP contribution in [-0.4, -0.2) is 127 Å². The van der Waals surface area contributed by atoms with Gasteiger partial charge in [-0.2, -0.15) is 0 Å². The number of hydrogen-bond acceptors (Lipinski definition) is 13. The number of nitrogens with zero attached hydrogens (tertiary/aromatic N) is 2. The predicted octanol–water partition coefficient (Wildman–Crippen LogP) is 8.63. The number of halogens is 1. The van der Waals surface area contributed by atoms with Gasteiger partial charge in [0.25, 0.3) is 0 Å². The van der Waals surface area contributed by atoms with Crippen molar-refractivity contribution in [2.75, 3.05) is 39.0 Å². The molecule has 4 amide bonds. The largest absolute Gasteiger partial charge is 0.495 e. The van der Waals surface area contributed by atoms with Crippen molar-refractivity contribution in [3.63, 3.8) is 0 Å². The number of fused-ring (bicyclic) bond motifs is 8. The van der Waals surface area contributed by atoms with Gasteiger partial charge in [0, 0.05) is 63.4 Å². The summed E-state index contributed by atoms with van der Waals surface area (Å²) in [4.78, 5) is 70.7. The number of anilines is 1. The van der Waals surface area contributed by atoms with Gasteiger partial charge in [0.15, 0.2) is 5.72 Å². The molecule has 388 valence electrons. The number of methoxy groups -OCH3 is 2. The summed E-state index contributed by atoms with van der Waals surface area (Å²) in [7, 11) is 9.27. The van der Waals surface area contributed by atoms with Gasteiger partial charge in [-0.15, -0.1) is 0 Å². The van der Waals surface area contributed by atoms with Crippen molar-refractivity contribution >= 4 is 68.7 Å².